The van der Waals surface area contributed by atoms with Crippen molar-refractivity contribution in [3.05, 3.63) is 35.4 Å². The first-order valence-electron chi connectivity index (χ1n) is 8.50. The molecule has 0 heterocycles. The molecule has 0 bridgehead atoms. The number of rotatable bonds is 6. The third-order valence-electron chi connectivity index (χ3n) is 4.95. The van der Waals surface area contributed by atoms with Crippen LogP contribution in [0.15, 0.2) is 24.3 Å². The molecule has 0 radical (unpaired) electrons. The third-order valence-corrected chi connectivity index (χ3v) is 4.95. The summed E-state index contributed by atoms with van der Waals surface area (Å²) in [5, 5.41) is 0. The van der Waals surface area contributed by atoms with Crippen LogP contribution in [0.25, 0.3) is 0 Å². The van der Waals surface area contributed by atoms with E-state index in [1.165, 1.54) is 30.4 Å². The van der Waals surface area contributed by atoms with Crippen molar-refractivity contribution in [3.8, 4) is 0 Å². The molecule has 2 rings (SSSR count). The number of nitrogens with two attached hydrogens (primary N) is 1. The maximum atomic E-state index is 6.36. The molecule has 2 N–H and O–H groups in total. The molecule has 1 aromatic rings. The maximum Gasteiger partial charge on any atom is 0.0723 e. The first-order valence-corrected chi connectivity index (χ1v) is 8.50. The second kappa shape index (κ2) is 7.95. The zero-order valence-corrected chi connectivity index (χ0v) is 13.8. The van der Waals surface area contributed by atoms with E-state index in [4.69, 9.17) is 10.5 Å². The SMILES string of the molecule is CC1CCC(C(C)C)C(OCc2ccccc2CCN)C1. The molecule has 2 heteroatoms. The van der Waals surface area contributed by atoms with Crippen LogP contribution in [0.3, 0.4) is 0 Å². The van der Waals surface area contributed by atoms with Gasteiger partial charge < -0.3 is 10.5 Å². The smallest absolute Gasteiger partial charge is 0.0723 e. The van der Waals surface area contributed by atoms with Gasteiger partial charge >= 0.3 is 0 Å². The Morgan fingerprint density at radius 3 is 2.57 bits per heavy atom. The van der Waals surface area contributed by atoms with Crippen LogP contribution in [0.5, 0.6) is 0 Å². The van der Waals surface area contributed by atoms with Crippen molar-refractivity contribution in [2.45, 2.75) is 59.2 Å². The Hall–Kier alpha value is -0.860. The molecule has 1 aromatic carbocycles. The van der Waals surface area contributed by atoms with Gasteiger partial charge in [-0.05, 0) is 54.7 Å². The predicted molar refractivity (Wildman–Crippen MR) is 89.1 cm³/mol. The van der Waals surface area contributed by atoms with E-state index in [1.54, 1.807) is 0 Å². The largest absolute Gasteiger partial charge is 0.373 e. The molecule has 3 atom stereocenters. The van der Waals surface area contributed by atoms with Crippen LogP contribution >= 0.6 is 0 Å². The summed E-state index contributed by atoms with van der Waals surface area (Å²) in [5.74, 6) is 2.22. The van der Waals surface area contributed by atoms with Crippen molar-refractivity contribution >= 4 is 0 Å². The first-order chi connectivity index (χ1) is 10.1. The molecule has 0 amide bonds. The average Bonchev–Trinajstić information content (AvgIpc) is 2.46. The molecule has 0 aliphatic heterocycles. The molecule has 2 nitrogen and oxygen atoms in total. The minimum atomic E-state index is 0.416. The van der Waals surface area contributed by atoms with Gasteiger partial charge in [-0.25, -0.2) is 0 Å². The van der Waals surface area contributed by atoms with Crippen LogP contribution in [0.1, 0.15) is 51.2 Å². The monoisotopic (exact) mass is 289 g/mol. The van der Waals surface area contributed by atoms with E-state index < -0.39 is 0 Å². The van der Waals surface area contributed by atoms with E-state index in [0.717, 1.165) is 18.9 Å². The average molecular weight is 289 g/mol. The zero-order chi connectivity index (χ0) is 15.2. The number of hydrogen-bond donors (Lipinski definition) is 1. The Kier molecular flexibility index (Phi) is 6.25. The molecular formula is C19H31NO. The quantitative estimate of drug-likeness (QED) is 0.853. The van der Waals surface area contributed by atoms with E-state index in [2.05, 4.69) is 45.0 Å². The summed E-state index contributed by atoms with van der Waals surface area (Å²) in [7, 11) is 0. The summed E-state index contributed by atoms with van der Waals surface area (Å²) in [6.45, 7) is 8.46. The highest BCUT2D eigenvalue weighted by atomic mass is 16.5. The number of benzene rings is 1. The number of ether oxygens (including phenoxy) is 1. The lowest BCUT2D eigenvalue weighted by molar-refractivity contribution is -0.0474. The van der Waals surface area contributed by atoms with E-state index in [1.807, 2.05) is 0 Å². The van der Waals surface area contributed by atoms with Gasteiger partial charge in [-0.3, -0.25) is 0 Å². The Labute approximate surface area is 130 Å². The normalized spacial score (nSPS) is 26.2. The van der Waals surface area contributed by atoms with Crippen molar-refractivity contribution in [1.29, 1.82) is 0 Å². The summed E-state index contributed by atoms with van der Waals surface area (Å²) >= 11 is 0. The fourth-order valence-electron chi connectivity index (χ4n) is 3.60. The van der Waals surface area contributed by atoms with Crippen molar-refractivity contribution in [1.82, 2.24) is 0 Å². The Morgan fingerprint density at radius 2 is 1.90 bits per heavy atom. The van der Waals surface area contributed by atoms with E-state index in [9.17, 15) is 0 Å². The molecule has 1 saturated carbocycles. The fourth-order valence-corrected chi connectivity index (χ4v) is 3.60. The summed E-state index contributed by atoms with van der Waals surface area (Å²) in [5.41, 5.74) is 8.35. The molecule has 1 aliphatic carbocycles. The van der Waals surface area contributed by atoms with E-state index >= 15 is 0 Å². The Balaban J connectivity index is 2.00. The summed E-state index contributed by atoms with van der Waals surface area (Å²) in [6.07, 6.45) is 5.23. The van der Waals surface area contributed by atoms with Gasteiger partial charge in [0.2, 0.25) is 0 Å². The van der Waals surface area contributed by atoms with Crippen LogP contribution in [-0.4, -0.2) is 12.6 Å². The lowest BCUT2D eigenvalue weighted by Gasteiger charge is -2.37. The fraction of sp³-hybridized carbons (Fsp3) is 0.684. The molecule has 21 heavy (non-hydrogen) atoms. The minimum Gasteiger partial charge on any atom is -0.373 e. The molecule has 0 spiro atoms. The Bertz CT molecular complexity index is 429. The second-order valence-corrected chi connectivity index (χ2v) is 6.98. The van der Waals surface area contributed by atoms with Gasteiger partial charge in [0.05, 0.1) is 12.7 Å². The lowest BCUT2D eigenvalue weighted by Crippen LogP contribution is -2.34. The van der Waals surface area contributed by atoms with Gasteiger partial charge in [-0.15, -0.1) is 0 Å². The molecule has 0 saturated heterocycles. The molecular weight excluding hydrogens is 258 g/mol. The predicted octanol–water partition coefficient (Wildman–Crippen LogP) is 4.17. The number of hydrogen-bond acceptors (Lipinski definition) is 2. The van der Waals surface area contributed by atoms with Crippen molar-refractivity contribution in [2.75, 3.05) is 6.54 Å². The summed E-state index contributed by atoms with van der Waals surface area (Å²) in [4.78, 5) is 0. The first kappa shape index (κ1) is 16.5. The van der Waals surface area contributed by atoms with Crippen molar-refractivity contribution in [3.63, 3.8) is 0 Å². The molecule has 1 fully saturated rings. The summed E-state index contributed by atoms with van der Waals surface area (Å²) < 4.78 is 6.36. The second-order valence-electron chi connectivity index (χ2n) is 6.98. The molecule has 1 aliphatic rings. The van der Waals surface area contributed by atoms with E-state index in [-0.39, 0.29) is 0 Å². The zero-order valence-electron chi connectivity index (χ0n) is 13.8. The maximum absolute atomic E-state index is 6.36. The molecule has 118 valence electrons. The molecule has 3 unspecified atom stereocenters. The van der Waals surface area contributed by atoms with Crippen LogP contribution in [-0.2, 0) is 17.8 Å². The summed E-state index contributed by atoms with van der Waals surface area (Å²) in [6, 6.07) is 8.55. The highest BCUT2D eigenvalue weighted by Gasteiger charge is 2.31. The topological polar surface area (TPSA) is 35.2 Å². The lowest BCUT2D eigenvalue weighted by atomic mass is 9.75. The highest BCUT2D eigenvalue weighted by molar-refractivity contribution is 5.26. The van der Waals surface area contributed by atoms with Crippen LogP contribution in [0.2, 0.25) is 0 Å². The van der Waals surface area contributed by atoms with Gasteiger partial charge in [0, 0.05) is 0 Å². The van der Waals surface area contributed by atoms with Crippen LogP contribution in [0.4, 0.5) is 0 Å². The van der Waals surface area contributed by atoms with Gasteiger partial charge in [-0.2, -0.15) is 0 Å². The van der Waals surface area contributed by atoms with Gasteiger partial charge in [0.25, 0.3) is 0 Å². The molecule has 0 aromatic heterocycles. The standard InChI is InChI=1S/C19H31NO/c1-14(2)18-9-8-15(3)12-19(18)21-13-17-7-5-4-6-16(17)10-11-20/h4-7,14-15,18-19H,8-13,20H2,1-3H3. The Morgan fingerprint density at radius 1 is 1.19 bits per heavy atom. The van der Waals surface area contributed by atoms with Crippen LogP contribution < -0.4 is 5.73 Å². The van der Waals surface area contributed by atoms with Gasteiger partial charge in [-0.1, -0.05) is 51.5 Å². The van der Waals surface area contributed by atoms with Crippen molar-refractivity contribution in [2.24, 2.45) is 23.5 Å². The minimum absolute atomic E-state index is 0.416. The van der Waals surface area contributed by atoms with Crippen LogP contribution in [0, 0.1) is 17.8 Å². The van der Waals surface area contributed by atoms with E-state index in [0.29, 0.717) is 24.5 Å². The van der Waals surface area contributed by atoms with Gasteiger partial charge in [0.15, 0.2) is 0 Å². The van der Waals surface area contributed by atoms with Gasteiger partial charge in [0.1, 0.15) is 0 Å². The highest BCUT2D eigenvalue weighted by Crippen LogP contribution is 2.35. The van der Waals surface area contributed by atoms with Crippen molar-refractivity contribution < 1.29 is 4.74 Å². The third kappa shape index (κ3) is 4.55.